The van der Waals surface area contributed by atoms with Crippen molar-refractivity contribution in [2.45, 2.75) is 32.6 Å². The minimum atomic E-state index is -3.61. The lowest BCUT2D eigenvalue weighted by Crippen LogP contribution is -2.41. The summed E-state index contributed by atoms with van der Waals surface area (Å²) in [6.07, 6.45) is 1.51. The maximum absolute atomic E-state index is 12.6. The Morgan fingerprint density at radius 2 is 1.81 bits per heavy atom. The molecular formula is C19H22N4O2S. The first kappa shape index (κ1) is 18.4. The summed E-state index contributed by atoms with van der Waals surface area (Å²) >= 11 is 0. The number of piperidine rings is 1. The fraction of sp³-hybridized carbons (Fsp3) is 0.368. The van der Waals surface area contributed by atoms with Crippen LogP contribution in [0.25, 0.3) is 0 Å². The molecule has 26 heavy (non-hydrogen) atoms. The molecular weight excluding hydrogens is 348 g/mol. The third-order valence-corrected chi connectivity index (χ3v) is 6.15. The molecule has 1 aliphatic rings. The van der Waals surface area contributed by atoms with Gasteiger partial charge in [-0.25, -0.2) is 4.98 Å². The van der Waals surface area contributed by atoms with Gasteiger partial charge in [-0.05, 0) is 68.0 Å². The van der Waals surface area contributed by atoms with Crippen LogP contribution >= 0.6 is 0 Å². The number of pyridine rings is 1. The van der Waals surface area contributed by atoms with Gasteiger partial charge in [0.2, 0.25) is 0 Å². The Morgan fingerprint density at radius 3 is 2.38 bits per heavy atom. The number of nitrogens with one attached hydrogen (secondary N) is 1. The van der Waals surface area contributed by atoms with E-state index in [2.05, 4.69) is 15.8 Å². The highest BCUT2D eigenvalue weighted by Crippen LogP contribution is 2.29. The summed E-state index contributed by atoms with van der Waals surface area (Å²) in [6, 6.07) is 13.3. The van der Waals surface area contributed by atoms with Crippen molar-refractivity contribution in [2.24, 2.45) is 0 Å². The summed E-state index contributed by atoms with van der Waals surface area (Å²) in [5.74, 6) is 0.672. The molecule has 136 valence electrons. The summed E-state index contributed by atoms with van der Waals surface area (Å²) in [4.78, 5) is 4.25. The standard InChI is InChI=1S/C19H22N4O2S/c1-14-11-15(2)21-19(12-14)22-26(24,25)23-9-7-18(8-10-23)17-5-3-16(13-20)4-6-17/h3-6,11-12,18H,7-10H2,1-2H3,(H,21,22). The van der Waals surface area contributed by atoms with E-state index in [-0.39, 0.29) is 0 Å². The maximum atomic E-state index is 12.6. The SMILES string of the molecule is Cc1cc(C)nc(NS(=O)(=O)N2CCC(c3ccc(C#N)cc3)CC2)c1. The molecule has 0 saturated carbocycles. The number of anilines is 1. The average Bonchev–Trinajstić information content (AvgIpc) is 2.60. The summed E-state index contributed by atoms with van der Waals surface area (Å²) < 4.78 is 29.4. The number of aryl methyl sites for hydroxylation is 2. The molecule has 7 heteroatoms. The Morgan fingerprint density at radius 1 is 1.15 bits per heavy atom. The van der Waals surface area contributed by atoms with Crippen LogP contribution in [-0.4, -0.2) is 30.8 Å². The van der Waals surface area contributed by atoms with E-state index in [1.165, 1.54) is 4.31 Å². The summed E-state index contributed by atoms with van der Waals surface area (Å²) in [5.41, 5.74) is 3.54. The van der Waals surface area contributed by atoms with E-state index < -0.39 is 10.2 Å². The van der Waals surface area contributed by atoms with E-state index in [1.807, 2.05) is 44.2 Å². The molecule has 0 bridgehead atoms. The van der Waals surface area contributed by atoms with E-state index in [9.17, 15) is 8.42 Å². The largest absolute Gasteiger partial charge is 0.302 e. The highest BCUT2D eigenvalue weighted by Gasteiger charge is 2.29. The predicted octanol–water partition coefficient (Wildman–Crippen LogP) is 3.11. The molecule has 3 rings (SSSR count). The molecule has 1 aromatic heterocycles. The number of hydrogen-bond donors (Lipinski definition) is 1. The first-order valence-corrected chi connectivity index (χ1v) is 10.0. The van der Waals surface area contributed by atoms with Crippen molar-refractivity contribution in [3.63, 3.8) is 0 Å². The minimum absolute atomic E-state index is 0.313. The van der Waals surface area contributed by atoms with Crippen molar-refractivity contribution in [3.05, 3.63) is 58.8 Å². The summed E-state index contributed by atoms with van der Waals surface area (Å²) in [7, 11) is -3.61. The predicted molar refractivity (Wildman–Crippen MR) is 101 cm³/mol. The second kappa shape index (κ2) is 7.44. The van der Waals surface area contributed by atoms with Crippen LogP contribution in [0.2, 0.25) is 0 Å². The van der Waals surface area contributed by atoms with Crippen molar-refractivity contribution in [1.82, 2.24) is 9.29 Å². The van der Waals surface area contributed by atoms with Crippen LogP contribution in [0.4, 0.5) is 5.82 Å². The zero-order valence-electron chi connectivity index (χ0n) is 14.9. The molecule has 1 N–H and O–H groups in total. The van der Waals surface area contributed by atoms with Gasteiger partial charge in [-0.15, -0.1) is 0 Å². The van der Waals surface area contributed by atoms with Crippen molar-refractivity contribution in [3.8, 4) is 6.07 Å². The molecule has 0 amide bonds. The van der Waals surface area contributed by atoms with Crippen LogP contribution in [-0.2, 0) is 10.2 Å². The number of hydrogen-bond acceptors (Lipinski definition) is 4. The quantitative estimate of drug-likeness (QED) is 0.896. The number of nitriles is 1. The van der Waals surface area contributed by atoms with Gasteiger partial charge in [0, 0.05) is 18.8 Å². The molecule has 1 fully saturated rings. The van der Waals surface area contributed by atoms with E-state index in [0.29, 0.717) is 30.4 Å². The Balaban J connectivity index is 1.65. The third-order valence-electron chi connectivity index (χ3n) is 4.64. The van der Waals surface area contributed by atoms with Crippen molar-refractivity contribution < 1.29 is 8.42 Å². The lowest BCUT2D eigenvalue weighted by atomic mass is 9.90. The molecule has 0 aliphatic carbocycles. The first-order chi connectivity index (χ1) is 12.4. The van der Waals surface area contributed by atoms with Gasteiger partial charge in [-0.1, -0.05) is 12.1 Å². The normalized spacial score (nSPS) is 16.2. The second-order valence-corrected chi connectivity index (χ2v) is 8.36. The number of benzene rings is 1. The molecule has 0 unspecified atom stereocenters. The third kappa shape index (κ3) is 4.21. The first-order valence-electron chi connectivity index (χ1n) is 8.60. The van der Waals surface area contributed by atoms with Gasteiger partial charge in [0.25, 0.3) is 0 Å². The van der Waals surface area contributed by atoms with Gasteiger partial charge in [0.05, 0.1) is 11.6 Å². The Kier molecular flexibility index (Phi) is 5.25. The molecule has 0 radical (unpaired) electrons. The Labute approximate surface area is 154 Å². The average molecular weight is 370 g/mol. The molecule has 2 heterocycles. The topological polar surface area (TPSA) is 86.1 Å². The van der Waals surface area contributed by atoms with Gasteiger partial charge in [0.1, 0.15) is 5.82 Å². The molecule has 0 spiro atoms. The minimum Gasteiger partial charge on any atom is -0.254 e. The van der Waals surface area contributed by atoms with Gasteiger partial charge >= 0.3 is 10.2 Å². The summed E-state index contributed by atoms with van der Waals surface area (Å²) in [6.45, 7) is 4.68. The highest BCUT2D eigenvalue weighted by molar-refractivity contribution is 7.90. The van der Waals surface area contributed by atoms with Crippen molar-refractivity contribution in [1.29, 1.82) is 5.26 Å². The monoisotopic (exact) mass is 370 g/mol. The molecule has 1 saturated heterocycles. The zero-order chi connectivity index (χ0) is 18.7. The highest BCUT2D eigenvalue weighted by atomic mass is 32.2. The van der Waals surface area contributed by atoms with Crippen molar-refractivity contribution in [2.75, 3.05) is 17.8 Å². The Hall–Kier alpha value is -2.43. The van der Waals surface area contributed by atoms with Crippen LogP contribution in [0.1, 0.15) is 41.1 Å². The van der Waals surface area contributed by atoms with Crippen LogP contribution in [0.15, 0.2) is 36.4 Å². The summed E-state index contributed by atoms with van der Waals surface area (Å²) in [5, 5.41) is 8.88. The number of aromatic nitrogens is 1. The van der Waals surface area contributed by atoms with Gasteiger partial charge in [-0.3, -0.25) is 4.72 Å². The van der Waals surface area contributed by atoms with Crippen LogP contribution < -0.4 is 4.72 Å². The number of nitrogens with zero attached hydrogens (tertiary/aromatic N) is 3. The molecule has 1 aromatic carbocycles. The van der Waals surface area contributed by atoms with E-state index >= 15 is 0 Å². The Bertz CT molecular complexity index is 905. The fourth-order valence-corrected chi connectivity index (χ4v) is 4.54. The maximum Gasteiger partial charge on any atom is 0.302 e. The zero-order valence-corrected chi connectivity index (χ0v) is 15.8. The van der Waals surface area contributed by atoms with E-state index in [0.717, 1.165) is 29.7 Å². The lowest BCUT2D eigenvalue weighted by molar-refractivity contribution is 0.321. The van der Waals surface area contributed by atoms with E-state index in [1.54, 1.807) is 6.07 Å². The van der Waals surface area contributed by atoms with Crippen LogP contribution in [0.3, 0.4) is 0 Å². The molecule has 1 aliphatic heterocycles. The molecule has 6 nitrogen and oxygen atoms in total. The van der Waals surface area contributed by atoms with Gasteiger partial charge in [0.15, 0.2) is 0 Å². The van der Waals surface area contributed by atoms with E-state index in [4.69, 9.17) is 5.26 Å². The van der Waals surface area contributed by atoms with Gasteiger partial charge < -0.3 is 0 Å². The van der Waals surface area contributed by atoms with Crippen LogP contribution in [0, 0.1) is 25.2 Å². The fourth-order valence-electron chi connectivity index (χ4n) is 3.35. The lowest BCUT2D eigenvalue weighted by Gasteiger charge is -2.31. The number of rotatable bonds is 4. The van der Waals surface area contributed by atoms with Crippen LogP contribution in [0.5, 0.6) is 0 Å². The molecule has 2 aromatic rings. The second-order valence-electron chi connectivity index (χ2n) is 6.69. The van der Waals surface area contributed by atoms with Crippen molar-refractivity contribution >= 4 is 16.0 Å². The molecule has 0 atom stereocenters. The smallest absolute Gasteiger partial charge is 0.254 e. The van der Waals surface area contributed by atoms with Gasteiger partial charge in [-0.2, -0.15) is 18.0 Å².